The molecule has 0 unspecified atom stereocenters. The predicted octanol–water partition coefficient (Wildman–Crippen LogP) is 2.24. The highest BCUT2D eigenvalue weighted by molar-refractivity contribution is 5.67. The van der Waals surface area contributed by atoms with Crippen LogP contribution in [-0.2, 0) is 0 Å². The fraction of sp³-hybridized carbons (Fsp3) is 0.154. The third kappa shape index (κ3) is 1.84. The lowest BCUT2D eigenvalue weighted by Gasteiger charge is -2.08. The van der Waals surface area contributed by atoms with Crippen molar-refractivity contribution in [2.75, 3.05) is 5.73 Å². The van der Waals surface area contributed by atoms with Crippen molar-refractivity contribution in [3.05, 3.63) is 51.8 Å². The minimum Gasteiger partial charge on any atom is -0.398 e. The van der Waals surface area contributed by atoms with E-state index < -0.39 is 0 Å². The second-order valence-corrected chi connectivity index (χ2v) is 3.95. The SMILES string of the molecule is Cc1cc(-c2cccc(=O)[nH]2)cc(C)c1N. The highest BCUT2D eigenvalue weighted by atomic mass is 16.1. The summed E-state index contributed by atoms with van der Waals surface area (Å²) < 4.78 is 0. The molecule has 2 aromatic rings. The standard InChI is InChI=1S/C13H14N2O/c1-8-6-10(7-9(2)13(8)14)11-4-3-5-12(16)15-11/h3-7H,14H2,1-2H3,(H,15,16). The van der Waals surface area contributed by atoms with Crippen molar-refractivity contribution in [3.63, 3.8) is 0 Å². The van der Waals surface area contributed by atoms with Crippen LogP contribution in [0, 0.1) is 13.8 Å². The van der Waals surface area contributed by atoms with Gasteiger partial charge >= 0.3 is 0 Å². The van der Waals surface area contributed by atoms with Crippen molar-refractivity contribution in [3.8, 4) is 11.3 Å². The summed E-state index contributed by atoms with van der Waals surface area (Å²) in [5, 5.41) is 0. The van der Waals surface area contributed by atoms with Gasteiger partial charge in [-0.2, -0.15) is 0 Å². The summed E-state index contributed by atoms with van der Waals surface area (Å²) >= 11 is 0. The Morgan fingerprint density at radius 1 is 1.12 bits per heavy atom. The van der Waals surface area contributed by atoms with Crippen molar-refractivity contribution in [2.45, 2.75) is 13.8 Å². The van der Waals surface area contributed by atoms with Gasteiger partial charge in [0.25, 0.3) is 0 Å². The Labute approximate surface area is 93.9 Å². The monoisotopic (exact) mass is 214 g/mol. The second-order valence-electron chi connectivity index (χ2n) is 3.95. The van der Waals surface area contributed by atoms with E-state index in [0.717, 1.165) is 28.1 Å². The lowest BCUT2D eigenvalue weighted by molar-refractivity contribution is 1.23. The molecule has 1 heterocycles. The quantitative estimate of drug-likeness (QED) is 0.715. The zero-order chi connectivity index (χ0) is 11.7. The molecule has 3 heteroatoms. The Morgan fingerprint density at radius 3 is 2.31 bits per heavy atom. The lowest BCUT2D eigenvalue weighted by Crippen LogP contribution is -2.04. The molecule has 3 N–H and O–H groups in total. The molecule has 1 aromatic carbocycles. The fourth-order valence-electron chi connectivity index (χ4n) is 1.75. The first-order chi connectivity index (χ1) is 7.58. The van der Waals surface area contributed by atoms with E-state index in [9.17, 15) is 4.79 Å². The van der Waals surface area contributed by atoms with Crippen molar-refractivity contribution < 1.29 is 0 Å². The smallest absolute Gasteiger partial charge is 0.248 e. The maximum atomic E-state index is 11.2. The minimum absolute atomic E-state index is 0.0929. The van der Waals surface area contributed by atoms with E-state index in [-0.39, 0.29) is 5.56 Å². The number of anilines is 1. The van der Waals surface area contributed by atoms with Crippen LogP contribution in [0.4, 0.5) is 5.69 Å². The van der Waals surface area contributed by atoms with Gasteiger partial charge in [0.15, 0.2) is 0 Å². The molecule has 0 fully saturated rings. The number of benzene rings is 1. The van der Waals surface area contributed by atoms with Gasteiger partial charge in [-0.15, -0.1) is 0 Å². The molecule has 82 valence electrons. The van der Waals surface area contributed by atoms with Crippen LogP contribution in [-0.4, -0.2) is 4.98 Å². The van der Waals surface area contributed by atoms with Crippen LogP contribution in [0.1, 0.15) is 11.1 Å². The Morgan fingerprint density at radius 2 is 1.75 bits per heavy atom. The van der Waals surface area contributed by atoms with Gasteiger partial charge in [0.2, 0.25) is 5.56 Å². The van der Waals surface area contributed by atoms with E-state index in [1.807, 2.05) is 32.0 Å². The zero-order valence-electron chi connectivity index (χ0n) is 9.37. The lowest BCUT2D eigenvalue weighted by atomic mass is 10.0. The maximum Gasteiger partial charge on any atom is 0.248 e. The molecule has 0 radical (unpaired) electrons. The Hall–Kier alpha value is -2.03. The van der Waals surface area contributed by atoms with Gasteiger partial charge in [0.05, 0.1) is 0 Å². The van der Waals surface area contributed by atoms with E-state index >= 15 is 0 Å². The molecule has 0 saturated heterocycles. The number of hydrogen-bond donors (Lipinski definition) is 2. The normalized spacial score (nSPS) is 10.4. The Balaban J connectivity index is 2.61. The summed E-state index contributed by atoms with van der Waals surface area (Å²) in [6, 6.07) is 9.09. The molecule has 3 nitrogen and oxygen atoms in total. The molecule has 0 saturated carbocycles. The van der Waals surface area contributed by atoms with Crippen molar-refractivity contribution in [1.29, 1.82) is 0 Å². The predicted molar refractivity (Wildman–Crippen MR) is 66.4 cm³/mol. The van der Waals surface area contributed by atoms with Crippen molar-refractivity contribution in [2.24, 2.45) is 0 Å². The molecule has 0 aliphatic carbocycles. The molecule has 16 heavy (non-hydrogen) atoms. The fourth-order valence-corrected chi connectivity index (χ4v) is 1.75. The van der Waals surface area contributed by atoms with E-state index in [4.69, 9.17) is 5.73 Å². The summed E-state index contributed by atoms with van der Waals surface area (Å²) in [5.41, 5.74) is 10.5. The first-order valence-corrected chi connectivity index (χ1v) is 5.14. The topological polar surface area (TPSA) is 58.9 Å². The van der Waals surface area contributed by atoms with E-state index in [1.165, 1.54) is 6.07 Å². The summed E-state index contributed by atoms with van der Waals surface area (Å²) in [6.45, 7) is 3.93. The molecule has 0 aliphatic rings. The van der Waals surface area contributed by atoms with Gasteiger partial charge in [-0.3, -0.25) is 4.79 Å². The number of nitrogen functional groups attached to an aromatic ring is 1. The highest BCUT2D eigenvalue weighted by Gasteiger charge is 2.04. The third-order valence-electron chi connectivity index (χ3n) is 2.67. The summed E-state index contributed by atoms with van der Waals surface area (Å²) in [4.78, 5) is 14.0. The van der Waals surface area contributed by atoms with Crippen LogP contribution in [0.2, 0.25) is 0 Å². The summed E-state index contributed by atoms with van der Waals surface area (Å²) in [6.07, 6.45) is 0. The average Bonchev–Trinajstić information content (AvgIpc) is 2.25. The van der Waals surface area contributed by atoms with Gasteiger partial charge < -0.3 is 10.7 Å². The Bertz CT molecular complexity index is 561. The zero-order valence-corrected chi connectivity index (χ0v) is 9.37. The van der Waals surface area contributed by atoms with Crippen molar-refractivity contribution >= 4 is 5.69 Å². The number of aromatic nitrogens is 1. The van der Waals surface area contributed by atoms with E-state index in [1.54, 1.807) is 6.07 Å². The Kier molecular flexibility index (Phi) is 2.52. The molecule has 0 aliphatic heterocycles. The van der Waals surface area contributed by atoms with Crippen LogP contribution in [0.25, 0.3) is 11.3 Å². The van der Waals surface area contributed by atoms with Crippen LogP contribution in [0.3, 0.4) is 0 Å². The second kappa shape index (κ2) is 3.85. The summed E-state index contributed by atoms with van der Waals surface area (Å²) in [5.74, 6) is 0. The van der Waals surface area contributed by atoms with E-state index in [2.05, 4.69) is 4.98 Å². The summed E-state index contributed by atoms with van der Waals surface area (Å²) in [7, 11) is 0. The van der Waals surface area contributed by atoms with Gasteiger partial charge in [-0.25, -0.2) is 0 Å². The van der Waals surface area contributed by atoms with Gasteiger partial charge in [0, 0.05) is 17.4 Å². The van der Waals surface area contributed by atoms with Gasteiger partial charge in [-0.05, 0) is 48.7 Å². The molecular weight excluding hydrogens is 200 g/mol. The molecule has 1 aromatic heterocycles. The van der Waals surface area contributed by atoms with E-state index in [0.29, 0.717) is 0 Å². The highest BCUT2D eigenvalue weighted by Crippen LogP contribution is 2.24. The molecule has 0 atom stereocenters. The number of rotatable bonds is 1. The largest absolute Gasteiger partial charge is 0.398 e. The molecule has 0 amide bonds. The number of pyridine rings is 1. The number of nitrogens with two attached hydrogens (primary N) is 1. The first kappa shape index (κ1) is 10.5. The molecule has 0 bridgehead atoms. The van der Waals surface area contributed by atoms with Crippen molar-refractivity contribution in [1.82, 2.24) is 4.98 Å². The number of aryl methyl sites for hydroxylation is 2. The number of nitrogens with one attached hydrogen (secondary N) is 1. The third-order valence-corrected chi connectivity index (χ3v) is 2.67. The first-order valence-electron chi connectivity index (χ1n) is 5.14. The van der Waals surface area contributed by atoms with Gasteiger partial charge in [0.1, 0.15) is 0 Å². The number of H-pyrrole nitrogens is 1. The van der Waals surface area contributed by atoms with Gasteiger partial charge in [-0.1, -0.05) is 6.07 Å². The molecule has 0 spiro atoms. The average molecular weight is 214 g/mol. The number of hydrogen-bond acceptors (Lipinski definition) is 2. The minimum atomic E-state index is -0.0929. The van der Waals surface area contributed by atoms with Crippen LogP contribution < -0.4 is 11.3 Å². The maximum absolute atomic E-state index is 11.2. The van der Waals surface area contributed by atoms with Crippen LogP contribution >= 0.6 is 0 Å². The number of aromatic amines is 1. The molecular formula is C13H14N2O. The molecule has 2 rings (SSSR count). The van der Waals surface area contributed by atoms with Crippen LogP contribution in [0.15, 0.2) is 35.1 Å². The van der Waals surface area contributed by atoms with Crippen LogP contribution in [0.5, 0.6) is 0 Å².